The van der Waals surface area contributed by atoms with E-state index in [1.165, 1.54) is 0 Å². The SMILES string of the molecule is N=C1C=Cc2ccc3ccc(-c4nc(-c5ccc6oc7ccccc7c6c5)c5ccccc5n4)cc3c2/C1=N/Nc1ccccc1. The van der Waals surface area contributed by atoms with E-state index >= 15 is 0 Å². The lowest BCUT2D eigenvalue weighted by molar-refractivity contribution is 0.669. The van der Waals surface area contributed by atoms with E-state index < -0.39 is 0 Å². The first-order valence-corrected chi connectivity index (χ1v) is 15.1. The standard InChI is InChI=1S/C40H25N5O/c41-33-20-18-25-16-14-24-15-17-27(23-31(24)37(25)39(33)45-44-28-8-2-1-3-9-28)40-42-34-12-6-4-11-30(34)38(43-40)26-19-21-36-32(22-26)29-10-5-7-13-35(29)46-36/h1-23,41,44H/b41-33?,45-39+. The van der Waals surface area contributed by atoms with Gasteiger partial charge in [-0.3, -0.25) is 10.8 Å². The van der Waals surface area contributed by atoms with Crippen LogP contribution in [0.5, 0.6) is 0 Å². The second-order valence-corrected chi connectivity index (χ2v) is 11.4. The fourth-order valence-corrected chi connectivity index (χ4v) is 6.31. The summed E-state index contributed by atoms with van der Waals surface area (Å²) in [5.74, 6) is 0.632. The van der Waals surface area contributed by atoms with E-state index in [1.54, 1.807) is 6.08 Å². The number of benzene rings is 6. The molecule has 2 aromatic heterocycles. The zero-order chi connectivity index (χ0) is 30.6. The summed E-state index contributed by atoms with van der Waals surface area (Å²) in [6, 6.07) is 42.8. The van der Waals surface area contributed by atoms with Crippen LogP contribution in [0.15, 0.2) is 143 Å². The van der Waals surface area contributed by atoms with Gasteiger partial charge in [-0.25, -0.2) is 9.97 Å². The molecular weight excluding hydrogens is 566 g/mol. The number of hydrogen-bond donors (Lipinski definition) is 2. The van der Waals surface area contributed by atoms with E-state index in [0.29, 0.717) is 17.2 Å². The second kappa shape index (κ2) is 10.4. The fourth-order valence-electron chi connectivity index (χ4n) is 6.31. The molecular formula is C40H25N5O. The number of para-hydroxylation sites is 3. The molecule has 0 radical (unpaired) electrons. The molecule has 9 rings (SSSR count). The van der Waals surface area contributed by atoms with Crippen molar-refractivity contribution in [3.63, 3.8) is 0 Å². The number of rotatable bonds is 4. The molecule has 6 heteroatoms. The summed E-state index contributed by atoms with van der Waals surface area (Å²) >= 11 is 0. The van der Waals surface area contributed by atoms with Gasteiger partial charge in [0.1, 0.15) is 16.9 Å². The van der Waals surface area contributed by atoms with E-state index in [2.05, 4.69) is 60.0 Å². The van der Waals surface area contributed by atoms with Crippen LogP contribution >= 0.6 is 0 Å². The monoisotopic (exact) mass is 591 g/mol. The summed E-state index contributed by atoms with van der Waals surface area (Å²) < 4.78 is 6.10. The van der Waals surface area contributed by atoms with Gasteiger partial charge in [-0.05, 0) is 70.9 Å². The highest BCUT2D eigenvalue weighted by molar-refractivity contribution is 6.55. The topological polar surface area (TPSA) is 87.2 Å². The maximum atomic E-state index is 8.76. The number of anilines is 1. The lowest BCUT2D eigenvalue weighted by Gasteiger charge is -2.18. The Labute approximate surface area is 263 Å². The first kappa shape index (κ1) is 26.0. The number of nitrogens with zero attached hydrogens (tertiary/aromatic N) is 3. The number of hydrogen-bond acceptors (Lipinski definition) is 6. The van der Waals surface area contributed by atoms with E-state index in [-0.39, 0.29) is 0 Å². The molecule has 2 heterocycles. The highest BCUT2D eigenvalue weighted by atomic mass is 16.3. The molecule has 0 fully saturated rings. The number of aromatic nitrogens is 2. The Morgan fingerprint density at radius 2 is 1.35 bits per heavy atom. The second-order valence-electron chi connectivity index (χ2n) is 11.4. The summed E-state index contributed by atoms with van der Waals surface area (Å²) in [6.07, 6.45) is 3.77. The van der Waals surface area contributed by atoms with Crippen LogP contribution in [-0.4, -0.2) is 21.4 Å². The van der Waals surface area contributed by atoms with Crippen LogP contribution in [0, 0.1) is 5.41 Å². The van der Waals surface area contributed by atoms with Crippen molar-refractivity contribution in [3.8, 4) is 22.6 Å². The van der Waals surface area contributed by atoms with Crippen molar-refractivity contribution in [3.05, 3.63) is 145 Å². The predicted octanol–water partition coefficient (Wildman–Crippen LogP) is 9.88. The summed E-state index contributed by atoms with van der Waals surface area (Å²) in [6.45, 7) is 0. The molecule has 6 aromatic carbocycles. The third kappa shape index (κ3) is 4.27. The Morgan fingerprint density at radius 1 is 0.609 bits per heavy atom. The zero-order valence-electron chi connectivity index (χ0n) is 24.5. The van der Waals surface area contributed by atoms with Gasteiger partial charge in [0, 0.05) is 32.8 Å². The molecule has 6 nitrogen and oxygen atoms in total. The van der Waals surface area contributed by atoms with Gasteiger partial charge >= 0.3 is 0 Å². The molecule has 2 N–H and O–H groups in total. The minimum Gasteiger partial charge on any atom is -0.456 e. The molecule has 8 aromatic rings. The van der Waals surface area contributed by atoms with Crippen molar-refractivity contribution in [2.45, 2.75) is 0 Å². The number of allylic oxidation sites excluding steroid dienone is 1. The lowest BCUT2D eigenvalue weighted by Crippen LogP contribution is -2.19. The normalized spacial score (nSPS) is 13.7. The van der Waals surface area contributed by atoms with Gasteiger partial charge in [0.15, 0.2) is 5.82 Å². The van der Waals surface area contributed by atoms with Crippen LogP contribution < -0.4 is 5.43 Å². The maximum Gasteiger partial charge on any atom is 0.160 e. The molecule has 0 bridgehead atoms. The molecule has 0 aliphatic heterocycles. The smallest absolute Gasteiger partial charge is 0.160 e. The van der Waals surface area contributed by atoms with E-state index in [4.69, 9.17) is 24.9 Å². The zero-order valence-corrected chi connectivity index (χ0v) is 24.5. The molecule has 1 aliphatic carbocycles. The van der Waals surface area contributed by atoms with Crippen LogP contribution in [0.1, 0.15) is 11.1 Å². The molecule has 46 heavy (non-hydrogen) atoms. The highest BCUT2D eigenvalue weighted by Gasteiger charge is 2.21. The lowest BCUT2D eigenvalue weighted by atomic mass is 9.88. The minimum absolute atomic E-state index is 0.347. The van der Waals surface area contributed by atoms with Crippen LogP contribution in [0.2, 0.25) is 0 Å². The summed E-state index contributed by atoms with van der Waals surface area (Å²) in [4.78, 5) is 10.2. The van der Waals surface area contributed by atoms with Gasteiger partial charge in [-0.1, -0.05) is 84.9 Å². The van der Waals surface area contributed by atoms with Gasteiger partial charge in [-0.15, -0.1) is 0 Å². The Bertz CT molecular complexity index is 2580. The molecule has 216 valence electrons. The number of hydrazone groups is 1. The first-order valence-electron chi connectivity index (χ1n) is 15.1. The van der Waals surface area contributed by atoms with Gasteiger partial charge in [0.2, 0.25) is 0 Å². The first-order chi connectivity index (χ1) is 22.7. The molecule has 1 aliphatic rings. The average molecular weight is 592 g/mol. The Kier molecular flexibility index (Phi) is 5.86. The van der Waals surface area contributed by atoms with Crippen molar-refractivity contribution in [1.82, 2.24) is 9.97 Å². The number of fused-ring (bicyclic) bond motifs is 7. The van der Waals surface area contributed by atoms with Gasteiger partial charge in [0.25, 0.3) is 0 Å². The van der Waals surface area contributed by atoms with Crippen molar-refractivity contribution in [2.75, 3.05) is 5.43 Å². The van der Waals surface area contributed by atoms with E-state index in [1.807, 2.05) is 78.9 Å². The quantitative estimate of drug-likeness (QED) is 0.199. The largest absolute Gasteiger partial charge is 0.456 e. The Balaban J connectivity index is 1.22. The average Bonchev–Trinajstić information content (AvgIpc) is 3.49. The van der Waals surface area contributed by atoms with Crippen LogP contribution in [0.4, 0.5) is 5.69 Å². The van der Waals surface area contributed by atoms with Gasteiger partial charge in [-0.2, -0.15) is 5.10 Å². The van der Waals surface area contributed by atoms with E-state index in [9.17, 15) is 0 Å². The third-order valence-corrected chi connectivity index (χ3v) is 8.56. The van der Waals surface area contributed by atoms with Crippen LogP contribution in [-0.2, 0) is 0 Å². The molecule has 0 saturated heterocycles. The van der Waals surface area contributed by atoms with Crippen molar-refractivity contribution < 1.29 is 4.42 Å². The summed E-state index contributed by atoms with van der Waals surface area (Å²) in [7, 11) is 0. The molecule has 0 unspecified atom stereocenters. The highest BCUT2D eigenvalue weighted by Crippen LogP contribution is 2.36. The fraction of sp³-hybridized carbons (Fsp3) is 0. The molecule has 0 atom stereocenters. The van der Waals surface area contributed by atoms with Crippen molar-refractivity contribution in [1.29, 1.82) is 5.41 Å². The van der Waals surface area contributed by atoms with Gasteiger partial charge in [0.05, 0.1) is 22.6 Å². The summed E-state index contributed by atoms with van der Waals surface area (Å²) in [5.41, 5.74) is 12.2. The molecule has 0 spiro atoms. The van der Waals surface area contributed by atoms with Crippen LogP contribution in [0.3, 0.4) is 0 Å². The number of furan rings is 1. The van der Waals surface area contributed by atoms with Gasteiger partial charge < -0.3 is 4.42 Å². The number of nitrogens with one attached hydrogen (secondary N) is 2. The van der Waals surface area contributed by atoms with Crippen molar-refractivity contribution in [2.24, 2.45) is 5.10 Å². The van der Waals surface area contributed by atoms with E-state index in [0.717, 1.165) is 77.2 Å². The summed E-state index contributed by atoms with van der Waals surface area (Å²) in [5, 5.41) is 18.6. The minimum atomic E-state index is 0.347. The van der Waals surface area contributed by atoms with Crippen molar-refractivity contribution >= 4 is 66.8 Å². The maximum absolute atomic E-state index is 8.76. The molecule has 0 amide bonds. The predicted molar refractivity (Wildman–Crippen MR) is 189 cm³/mol. The molecule has 0 saturated carbocycles. The van der Waals surface area contributed by atoms with Crippen LogP contribution in [0.25, 0.3) is 72.3 Å². The Hall–Kier alpha value is -6.40. The third-order valence-electron chi connectivity index (χ3n) is 8.56. The Morgan fingerprint density at radius 3 is 2.26 bits per heavy atom.